The molecule has 8 heteroatoms. The molecule has 0 aliphatic heterocycles. The van der Waals surface area contributed by atoms with Gasteiger partial charge in [-0.1, -0.05) is 11.6 Å². The highest BCUT2D eigenvalue weighted by molar-refractivity contribution is 7.00. The Morgan fingerprint density at radius 2 is 2.13 bits per heavy atom. The van der Waals surface area contributed by atoms with Crippen molar-refractivity contribution >= 4 is 28.7 Å². The minimum Gasteiger partial charge on any atom is -0.438 e. The van der Waals surface area contributed by atoms with Gasteiger partial charge < -0.3 is 15.2 Å². The van der Waals surface area contributed by atoms with Crippen molar-refractivity contribution in [1.82, 2.24) is 19.0 Å². The van der Waals surface area contributed by atoms with Crippen molar-refractivity contribution in [3.63, 3.8) is 0 Å². The van der Waals surface area contributed by atoms with E-state index in [0.717, 1.165) is 42.0 Å². The number of carbonyl (C=O) groups excluding carboxylic acids is 1. The van der Waals surface area contributed by atoms with Crippen LogP contribution in [-0.2, 0) is 0 Å². The maximum absolute atomic E-state index is 12.8. The summed E-state index contributed by atoms with van der Waals surface area (Å²) in [7, 11) is 0. The normalized spacial score (nSPS) is 16.9. The van der Waals surface area contributed by atoms with Gasteiger partial charge in [-0.05, 0) is 63.3 Å². The Labute approximate surface area is 179 Å². The molecule has 30 heavy (non-hydrogen) atoms. The molecule has 1 aliphatic rings. The summed E-state index contributed by atoms with van der Waals surface area (Å²) in [6.45, 7) is 4.18. The van der Waals surface area contributed by atoms with E-state index in [9.17, 15) is 9.90 Å². The Bertz CT molecular complexity index is 1090. The van der Waals surface area contributed by atoms with E-state index in [2.05, 4.69) is 25.1 Å². The highest BCUT2D eigenvalue weighted by Crippen LogP contribution is 2.31. The summed E-state index contributed by atoms with van der Waals surface area (Å²) in [4.78, 5) is 17.0. The Hall–Kier alpha value is -2.84. The Balaban J connectivity index is 1.42. The second-order valence-corrected chi connectivity index (χ2v) is 8.57. The first-order valence-electron chi connectivity index (χ1n) is 9.94. The quantitative estimate of drug-likeness (QED) is 0.578. The second-order valence-electron chi connectivity index (χ2n) is 8.04. The molecule has 2 heterocycles. The van der Waals surface area contributed by atoms with Gasteiger partial charge in [-0.15, -0.1) is 0 Å². The molecule has 1 atom stereocenters. The molecule has 1 aliphatic carbocycles. The van der Waals surface area contributed by atoms with E-state index in [1.165, 1.54) is 5.57 Å². The maximum Gasteiger partial charge on any atom is 0.257 e. The lowest BCUT2D eigenvalue weighted by molar-refractivity contribution is 0.0125. The standard InChI is InChI=1S/C22H24N4O3S/c1-22(2,28)15-7-5-14(6-8-15)13-24-20(27)17-4-3-11-23-21(17)29-16-9-10-18-19(12-16)26-30-25-18/h3-5,9-12,15,28H,6-8,13H2,1-2H3,(H,24,27). The highest BCUT2D eigenvalue weighted by Gasteiger charge is 2.28. The summed E-state index contributed by atoms with van der Waals surface area (Å²) in [5.41, 5.74) is 2.42. The summed E-state index contributed by atoms with van der Waals surface area (Å²) in [5.74, 6) is 0.813. The molecule has 1 amide bonds. The molecule has 156 valence electrons. The molecule has 0 bridgehead atoms. The number of nitrogens with one attached hydrogen (secondary N) is 1. The first kappa shape index (κ1) is 20.4. The predicted molar refractivity (Wildman–Crippen MR) is 116 cm³/mol. The van der Waals surface area contributed by atoms with Gasteiger partial charge in [0.25, 0.3) is 5.91 Å². The molecule has 0 radical (unpaired) electrons. The van der Waals surface area contributed by atoms with Gasteiger partial charge in [0.1, 0.15) is 22.3 Å². The van der Waals surface area contributed by atoms with Crippen LogP contribution in [0.1, 0.15) is 43.5 Å². The van der Waals surface area contributed by atoms with Crippen LogP contribution >= 0.6 is 11.7 Å². The van der Waals surface area contributed by atoms with Crippen LogP contribution in [0.25, 0.3) is 11.0 Å². The molecule has 0 saturated carbocycles. The third-order valence-electron chi connectivity index (χ3n) is 5.44. The number of fused-ring (bicyclic) bond motifs is 1. The summed E-state index contributed by atoms with van der Waals surface area (Å²) in [6, 6.07) is 8.80. The number of carbonyl (C=O) groups is 1. The van der Waals surface area contributed by atoms with E-state index in [-0.39, 0.29) is 17.7 Å². The number of hydrogen-bond acceptors (Lipinski definition) is 7. The molecule has 1 unspecified atom stereocenters. The molecule has 0 fully saturated rings. The monoisotopic (exact) mass is 424 g/mol. The van der Waals surface area contributed by atoms with Crippen LogP contribution in [0.5, 0.6) is 11.6 Å². The smallest absolute Gasteiger partial charge is 0.257 e. The zero-order chi connectivity index (χ0) is 21.1. The third kappa shape index (κ3) is 4.66. The lowest BCUT2D eigenvalue weighted by Gasteiger charge is -2.32. The van der Waals surface area contributed by atoms with Gasteiger partial charge >= 0.3 is 0 Å². The van der Waals surface area contributed by atoms with Crippen molar-refractivity contribution in [2.75, 3.05) is 6.54 Å². The van der Waals surface area contributed by atoms with Crippen LogP contribution in [0.2, 0.25) is 0 Å². The minimum absolute atomic E-state index is 0.236. The number of hydrogen-bond donors (Lipinski definition) is 2. The number of rotatable bonds is 6. The van der Waals surface area contributed by atoms with Crippen molar-refractivity contribution in [3.05, 3.63) is 53.7 Å². The number of benzene rings is 1. The van der Waals surface area contributed by atoms with E-state index in [0.29, 0.717) is 17.9 Å². The molecule has 1 aromatic carbocycles. The van der Waals surface area contributed by atoms with E-state index in [1.807, 2.05) is 19.9 Å². The highest BCUT2D eigenvalue weighted by atomic mass is 32.1. The van der Waals surface area contributed by atoms with E-state index in [4.69, 9.17) is 4.74 Å². The van der Waals surface area contributed by atoms with E-state index >= 15 is 0 Å². The van der Waals surface area contributed by atoms with Gasteiger partial charge in [-0.2, -0.15) is 8.75 Å². The van der Waals surface area contributed by atoms with Crippen LogP contribution < -0.4 is 10.1 Å². The minimum atomic E-state index is -0.676. The summed E-state index contributed by atoms with van der Waals surface area (Å²) >= 11 is 1.14. The first-order chi connectivity index (χ1) is 14.4. The fourth-order valence-electron chi connectivity index (χ4n) is 3.56. The van der Waals surface area contributed by atoms with Crippen LogP contribution in [0.3, 0.4) is 0 Å². The van der Waals surface area contributed by atoms with Crippen LogP contribution in [0.15, 0.2) is 48.2 Å². The molecule has 2 aromatic heterocycles. The topological polar surface area (TPSA) is 97.2 Å². The van der Waals surface area contributed by atoms with Crippen molar-refractivity contribution < 1.29 is 14.6 Å². The fraction of sp³-hybridized carbons (Fsp3) is 0.364. The van der Waals surface area contributed by atoms with Gasteiger partial charge in [0.05, 0.1) is 17.3 Å². The van der Waals surface area contributed by atoms with Crippen LogP contribution in [0, 0.1) is 5.92 Å². The number of aromatic nitrogens is 3. The molecular weight excluding hydrogens is 400 g/mol. The summed E-state index contributed by atoms with van der Waals surface area (Å²) < 4.78 is 14.3. The first-order valence-corrected chi connectivity index (χ1v) is 10.7. The van der Waals surface area contributed by atoms with E-state index < -0.39 is 5.60 Å². The van der Waals surface area contributed by atoms with Crippen molar-refractivity contribution in [2.24, 2.45) is 5.92 Å². The zero-order valence-electron chi connectivity index (χ0n) is 17.0. The zero-order valence-corrected chi connectivity index (χ0v) is 17.8. The number of allylic oxidation sites excluding steroid dienone is 1. The Kier molecular flexibility index (Phi) is 5.78. The molecule has 4 rings (SSSR count). The maximum atomic E-state index is 12.8. The summed E-state index contributed by atoms with van der Waals surface area (Å²) in [6.07, 6.45) is 6.33. The van der Waals surface area contributed by atoms with Crippen molar-refractivity contribution in [3.8, 4) is 11.6 Å². The Morgan fingerprint density at radius 3 is 2.90 bits per heavy atom. The third-order valence-corrected chi connectivity index (χ3v) is 5.99. The number of pyridine rings is 1. The molecule has 3 aromatic rings. The largest absolute Gasteiger partial charge is 0.438 e. The van der Waals surface area contributed by atoms with E-state index in [1.54, 1.807) is 30.5 Å². The molecule has 7 nitrogen and oxygen atoms in total. The van der Waals surface area contributed by atoms with Crippen LogP contribution in [0.4, 0.5) is 0 Å². The van der Waals surface area contributed by atoms with Crippen LogP contribution in [-0.4, -0.2) is 36.9 Å². The SMILES string of the molecule is CC(C)(O)C1CC=C(CNC(=O)c2cccnc2Oc2ccc3nsnc3c2)CC1. The van der Waals surface area contributed by atoms with Gasteiger partial charge in [0, 0.05) is 18.8 Å². The average molecular weight is 425 g/mol. The molecule has 0 saturated heterocycles. The molecule has 2 N–H and O–H groups in total. The number of aliphatic hydroxyl groups is 1. The number of amides is 1. The van der Waals surface area contributed by atoms with Gasteiger partial charge in [0.2, 0.25) is 5.88 Å². The van der Waals surface area contributed by atoms with Crippen molar-refractivity contribution in [1.29, 1.82) is 0 Å². The number of nitrogens with zero attached hydrogens (tertiary/aromatic N) is 3. The second kappa shape index (κ2) is 8.49. The molecule has 0 spiro atoms. The average Bonchev–Trinajstić information content (AvgIpc) is 3.20. The lowest BCUT2D eigenvalue weighted by Crippen LogP contribution is -2.33. The van der Waals surface area contributed by atoms with Gasteiger partial charge in [-0.25, -0.2) is 4.98 Å². The van der Waals surface area contributed by atoms with Gasteiger partial charge in [0.15, 0.2) is 0 Å². The molecular formula is C22H24N4O3S. The predicted octanol–water partition coefficient (Wildman–Crippen LogP) is 4.11. The van der Waals surface area contributed by atoms with Crippen molar-refractivity contribution in [2.45, 2.75) is 38.7 Å². The summed E-state index contributed by atoms with van der Waals surface area (Å²) in [5, 5.41) is 13.1. The van der Waals surface area contributed by atoms with Gasteiger partial charge in [-0.3, -0.25) is 4.79 Å². The lowest BCUT2D eigenvalue weighted by atomic mass is 9.79. The number of ether oxygens (including phenoxy) is 1. The fourth-order valence-corrected chi connectivity index (χ4v) is 4.08. The Morgan fingerprint density at radius 1 is 1.30 bits per heavy atom.